The van der Waals surface area contributed by atoms with Gasteiger partial charge < -0.3 is 10.7 Å². The second-order valence-corrected chi connectivity index (χ2v) is 4.61. The number of hydrogen-bond acceptors (Lipinski definition) is 3. The lowest BCUT2D eigenvalue weighted by atomic mass is 10.1. The highest BCUT2D eigenvalue weighted by molar-refractivity contribution is 9.10. The molecule has 1 heterocycles. The van der Waals surface area contributed by atoms with Gasteiger partial charge in [0, 0.05) is 22.6 Å². The molecule has 0 aliphatic rings. The van der Waals surface area contributed by atoms with E-state index < -0.39 is 0 Å². The quantitative estimate of drug-likeness (QED) is 0.889. The Morgan fingerprint density at radius 3 is 2.82 bits per heavy atom. The summed E-state index contributed by atoms with van der Waals surface area (Å²) in [5, 5.41) is 0. The normalized spacial score (nSPS) is 10.5. The summed E-state index contributed by atoms with van der Waals surface area (Å²) in [7, 11) is 0. The molecular weight excluding hydrogens is 282 g/mol. The van der Waals surface area contributed by atoms with Gasteiger partial charge in [-0.1, -0.05) is 28.1 Å². The van der Waals surface area contributed by atoms with Gasteiger partial charge in [-0.05, 0) is 18.6 Å². The van der Waals surface area contributed by atoms with Crippen LogP contribution in [0.5, 0.6) is 0 Å². The van der Waals surface area contributed by atoms with Crippen molar-refractivity contribution in [1.29, 1.82) is 0 Å². The Labute approximate surface area is 107 Å². The minimum Gasteiger partial charge on any atom is -0.325 e. The molecule has 0 spiro atoms. The van der Waals surface area contributed by atoms with E-state index in [1.54, 1.807) is 0 Å². The van der Waals surface area contributed by atoms with E-state index >= 15 is 0 Å². The molecule has 0 fully saturated rings. The van der Waals surface area contributed by atoms with E-state index in [4.69, 9.17) is 5.73 Å². The van der Waals surface area contributed by atoms with Gasteiger partial charge in [-0.2, -0.15) is 0 Å². The van der Waals surface area contributed by atoms with Crippen LogP contribution in [-0.2, 0) is 6.54 Å². The molecule has 0 amide bonds. The minimum absolute atomic E-state index is 0.188. The molecule has 0 saturated carbocycles. The number of halogens is 1. The standard InChI is InChI=1S/C12H12BrN3O/c1-7-2-3-8(4-10(7)13)12-15-9(6-14)5-11(17)16-12/h2-5H,6,14H2,1H3,(H,15,16,17). The van der Waals surface area contributed by atoms with E-state index in [0.717, 1.165) is 15.6 Å². The second kappa shape index (κ2) is 4.81. The third-order valence-electron chi connectivity index (χ3n) is 2.45. The van der Waals surface area contributed by atoms with Gasteiger partial charge in [-0.25, -0.2) is 4.98 Å². The number of rotatable bonds is 2. The molecule has 0 aliphatic carbocycles. The van der Waals surface area contributed by atoms with Crippen LogP contribution in [0, 0.1) is 6.92 Å². The van der Waals surface area contributed by atoms with Crippen molar-refractivity contribution in [2.45, 2.75) is 13.5 Å². The summed E-state index contributed by atoms with van der Waals surface area (Å²) in [6.45, 7) is 2.25. The Bertz CT molecular complexity index is 607. The van der Waals surface area contributed by atoms with Crippen molar-refractivity contribution in [3.05, 3.63) is 50.3 Å². The van der Waals surface area contributed by atoms with Crippen molar-refractivity contribution < 1.29 is 0 Å². The van der Waals surface area contributed by atoms with Gasteiger partial charge in [0.15, 0.2) is 0 Å². The van der Waals surface area contributed by atoms with Gasteiger partial charge in [0.05, 0.1) is 5.69 Å². The van der Waals surface area contributed by atoms with Crippen molar-refractivity contribution in [3.8, 4) is 11.4 Å². The van der Waals surface area contributed by atoms with Gasteiger partial charge in [0.1, 0.15) is 5.82 Å². The van der Waals surface area contributed by atoms with Crippen LogP contribution >= 0.6 is 15.9 Å². The highest BCUT2D eigenvalue weighted by Gasteiger charge is 2.05. The first-order valence-corrected chi connectivity index (χ1v) is 5.96. The maximum absolute atomic E-state index is 11.4. The summed E-state index contributed by atoms with van der Waals surface area (Å²) < 4.78 is 0.982. The molecule has 0 saturated heterocycles. The van der Waals surface area contributed by atoms with Crippen LogP contribution in [0.3, 0.4) is 0 Å². The predicted molar refractivity (Wildman–Crippen MR) is 70.6 cm³/mol. The van der Waals surface area contributed by atoms with Crippen LogP contribution in [-0.4, -0.2) is 9.97 Å². The van der Waals surface area contributed by atoms with E-state index in [0.29, 0.717) is 11.5 Å². The molecular formula is C12H12BrN3O. The van der Waals surface area contributed by atoms with Crippen molar-refractivity contribution in [2.75, 3.05) is 0 Å². The lowest BCUT2D eigenvalue weighted by molar-refractivity contribution is 0.956. The fraction of sp³-hybridized carbons (Fsp3) is 0.167. The summed E-state index contributed by atoms with van der Waals surface area (Å²) in [6.07, 6.45) is 0. The molecule has 0 bridgehead atoms. The first-order valence-electron chi connectivity index (χ1n) is 5.17. The first-order chi connectivity index (χ1) is 8.10. The number of aromatic nitrogens is 2. The summed E-state index contributed by atoms with van der Waals surface area (Å²) >= 11 is 3.45. The number of benzene rings is 1. The Morgan fingerprint density at radius 2 is 2.18 bits per heavy atom. The van der Waals surface area contributed by atoms with Crippen molar-refractivity contribution in [1.82, 2.24) is 9.97 Å². The molecule has 88 valence electrons. The Hall–Kier alpha value is -1.46. The number of hydrogen-bond donors (Lipinski definition) is 2. The number of nitrogens with zero attached hydrogens (tertiary/aromatic N) is 1. The van der Waals surface area contributed by atoms with E-state index in [9.17, 15) is 4.79 Å². The maximum atomic E-state index is 11.4. The number of aromatic amines is 1. The summed E-state index contributed by atoms with van der Waals surface area (Å²) in [6, 6.07) is 7.22. The van der Waals surface area contributed by atoms with Gasteiger partial charge in [-0.3, -0.25) is 4.79 Å². The maximum Gasteiger partial charge on any atom is 0.251 e. The monoisotopic (exact) mass is 293 g/mol. The van der Waals surface area contributed by atoms with Gasteiger partial charge in [0.25, 0.3) is 5.56 Å². The lowest BCUT2D eigenvalue weighted by Gasteiger charge is -2.05. The molecule has 1 aromatic carbocycles. The molecule has 0 unspecified atom stereocenters. The third kappa shape index (κ3) is 2.62. The average Bonchev–Trinajstić information content (AvgIpc) is 2.32. The fourth-order valence-corrected chi connectivity index (χ4v) is 1.87. The van der Waals surface area contributed by atoms with E-state index in [1.165, 1.54) is 6.07 Å². The minimum atomic E-state index is -0.188. The topological polar surface area (TPSA) is 71.8 Å². The second-order valence-electron chi connectivity index (χ2n) is 3.75. The molecule has 4 nitrogen and oxygen atoms in total. The Kier molecular flexibility index (Phi) is 3.40. The van der Waals surface area contributed by atoms with Crippen molar-refractivity contribution >= 4 is 15.9 Å². The predicted octanol–water partition coefficient (Wildman–Crippen LogP) is 1.97. The summed E-state index contributed by atoms with van der Waals surface area (Å²) in [4.78, 5) is 18.4. The number of aryl methyl sites for hydroxylation is 1. The van der Waals surface area contributed by atoms with Gasteiger partial charge >= 0.3 is 0 Å². The lowest BCUT2D eigenvalue weighted by Crippen LogP contribution is -2.12. The van der Waals surface area contributed by atoms with Crippen molar-refractivity contribution in [2.24, 2.45) is 5.73 Å². The Morgan fingerprint density at radius 1 is 1.41 bits per heavy atom. The smallest absolute Gasteiger partial charge is 0.251 e. The van der Waals surface area contributed by atoms with E-state index in [1.807, 2.05) is 25.1 Å². The van der Waals surface area contributed by atoms with E-state index in [-0.39, 0.29) is 12.1 Å². The fourth-order valence-electron chi connectivity index (χ4n) is 1.49. The number of nitrogens with two attached hydrogens (primary N) is 1. The third-order valence-corrected chi connectivity index (χ3v) is 3.30. The molecule has 0 radical (unpaired) electrons. The molecule has 3 N–H and O–H groups in total. The highest BCUT2D eigenvalue weighted by atomic mass is 79.9. The molecule has 0 atom stereocenters. The van der Waals surface area contributed by atoms with Crippen LogP contribution in [0.2, 0.25) is 0 Å². The molecule has 0 aliphatic heterocycles. The van der Waals surface area contributed by atoms with Crippen molar-refractivity contribution in [3.63, 3.8) is 0 Å². The zero-order valence-corrected chi connectivity index (χ0v) is 10.9. The number of H-pyrrole nitrogens is 1. The Balaban J connectivity index is 2.55. The van der Waals surface area contributed by atoms with Crippen LogP contribution < -0.4 is 11.3 Å². The first kappa shape index (κ1) is 12.0. The van der Waals surface area contributed by atoms with Crippen LogP contribution in [0.25, 0.3) is 11.4 Å². The zero-order valence-electron chi connectivity index (χ0n) is 9.33. The molecule has 17 heavy (non-hydrogen) atoms. The average molecular weight is 294 g/mol. The summed E-state index contributed by atoms with van der Waals surface area (Å²) in [5.74, 6) is 0.540. The molecule has 2 aromatic rings. The summed E-state index contributed by atoms with van der Waals surface area (Å²) in [5.41, 5.74) is 7.88. The number of nitrogens with one attached hydrogen (secondary N) is 1. The molecule has 5 heteroatoms. The van der Waals surface area contributed by atoms with Crippen LogP contribution in [0.1, 0.15) is 11.3 Å². The highest BCUT2D eigenvalue weighted by Crippen LogP contribution is 2.22. The van der Waals surface area contributed by atoms with E-state index in [2.05, 4.69) is 25.9 Å². The van der Waals surface area contributed by atoms with Gasteiger partial charge in [0.2, 0.25) is 0 Å². The van der Waals surface area contributed by atoms with Crippen LogP contribution in [0.15, 0.2) is 33.5 Å². The van der Waals surface area contributed by atoms with Crippen LogP contribution in [0.4, 0.5) is 0 Å². The molecule has 2 rings (SSSR count). The SMILES string of the molecule is Cc1ccc(-c2nc(CN)cc(=O)[nH]2)cc1Br. The molecule has 1 aromatic heterocycles. The van der Waals surface area contributed by atoms with Gasteiger partial charge in [-0.15, -0.1) is 0 Å². The zero-order chi connectivity index (χ0) is 12.4. The largest absolute Gasteiger partial charge is 0.325 e.